The monoisotopic (exact) mass is 741 g/mol. The number of aliphatic imine (C=N–C) groups is 1. The van der Waals surface area contributed by atoms with E-state index in [2.05, 4.69) is 42.2 Å². The van der Waals surface area contributed by atoms with Crippen LogP contribution in [0.5, 0.6) is 5.88 Å². The number of rotatable bonds is 8. The lowest BCUT2D eigenvalue weighted by atomic mass is 10.1. The van der Waals surface area contributed by atoms with Crippen LogP contribution in [0.2, 0.25) is 0 Å². The number of imidazole rings is 1. The highest BCUT2D eigenvalue weighted by atomic mass is 32.7. The van der Waals surface area contributed by atoms with Crippen LogP contribution in [0.15, 0.2) is 34.7 Å². The lowest BCUT2D eigenvalue weighted by molar-refractivity contribution is -0.0485. The molecule has 3 aromatic rings. The predicted molar refractivity (Wildman–Crippen MR) is 176 cm³/mol. The van der Waals surface area contributed by atoms with Gasteiger partial charge in [-0.1, -0.05) is 12.2 Å². The smallest absolute Gasteiger partial charge is 0.386 e. The van der Waals surface area contributed by atoms with E-state index in [4.69, 9.17) is 43.9 Å². The summed E-state index contributed by atoms with van der Waals surface area (Å²) in [5.41, 5.74) is -0.274. The van der Waals surface area contributed by atoms with E-state index < -0.39 is 43.6 Å². The number of thiol groups is 1. The number of nitriles is 1. The molecule has 48 heavy (non-hydrogen) atoms. The number of aromatic nitrogens is 6. The molecule has 1 N–H and O–H groups in total. The van der Waals surface area contributed by atoms with Crippen LogP contribution in [0.1, 0.15) is 31.9 Å². The fourth-order valence-electron chi connectivity index (χ4n) is 5.48. The number of fused-ring (bicyclic) bond motifs is 4. The topological polar surface area (TPSA) is 210 Å². The molecule has 3 aliphatic rings. The molecule has 0 aromatic carbocycles. The van der Waals surface area contributed by atoms with Crippen LogP contribution in [0.3, 0.4) is 0 Å². The third-order valence-electron chi connectivity index (χ3n) is 7.55. The van der Waals surface area contributed by atoms with Crippen LogP contribution in [0, 0.1) is 17.2 Å². The van der Waals surface area contributed by atoms with E-state index in [1.165, 1.54) is 23.6 Å². The number of hydrogen-bond acceptors (Lipinski definition) is 16. The first kappa shape index (κ1) is 35.0. The zero-order valence-corrected chi connectivity index (χ0v) is 29.3. The van der Waals surface area contributed by atoms with Crippen LogP contribution >= 0.6 is 25.8 Å². The standard InChI is InChI=1S/C26H33N9O9P2S2/c1-34(2)14-31-26-32-23-22(24(36)33-26)30-15-35(23)25-20-10-18(42-25)12-39-45(37,47)43-19-9-17(41-21-4-6-28-13-29-21)8-16(19)11-40-46(48,44-20)38-7-3-5-27/h4,6,13-20,25H,3,7-12H2,1-2H3,(H,37,47)(H,32,33,36)/t16-,17-,18+,19+,20-,25-,45+,46+/m1/s1. The molecule has 22 heteroatoms. The molecule has 0 unspecified atom stereocenters. The van der Waals surface area contributed by atoms with Crippen LogP contribution in [0.4, 0.5) is 5.95 Å². The van der Waals surface area contributed by atoms with Gasteiger partial charge in [-0.15, -0.1) is 0 Å². The summed E-state index contributed by atoms with van der Waals surface area (Å²) >= 11 is 10.1. The van der Waals surface area contributed by atoms with Gasteiger partial charge in [0, 0.05) is 45.1 Å². The van der Waals surface area contributed by atoms with Crippen molar-refractivity contribution in [3.63, 3.8) is 0 Å². The zero-order chi connectivity index (χ0) is 33.9. The molecule has 1 saturated carbocycles. The molecule has 0 amide bonds. The molecule has 2 saturated heterocycles. The van der Waals surface area contributed by atoms with Gasteiger partial charge in [-0.25, -0.2) is 24.5 Å². The average molecular weight is 742 g/mol. The Balaban J connectivity index is 1.30. The van der Waals surface area contributed by atoms with Gasteiger partial charge < -0.3 is 27.9 Å². The first-order valence-electron chi connectivity index (χ1n) is 14.9. The van der Waals surface area contributed by atoms with E-state index in [1.54, 1.807) is 31.3 Å². The Morgan fingerprint density at radius 3 is 2.88 bits per heavy atom. The minimum atomic E-state index is -3.91. The van der Waals surface area contributed by atoms with Gasteiger partial charge in [-0.3, -0.25) is 23.4 Å². The molecule has 3 fully saturated rings. The van der Waals surface area contributed by atoms with Crippen molar-refractivity contribution in [1.29, 1.82) is 5.26 Å². The normalized spacial score (nSPS) is 32.6. The lowest BCUT2D eigenvalue weighted by Crippen LogP contribution is -2.25. The molecule has 18 nitrogen and oxygen atoms in total. The maximum atomic E-state index is 13.5. The van der Waals surface area contributed by atoms with Crippen molar-refractivity contribution in [3.05, 3.63) is 35.3 Å². The highest BCUT2D eigenvalue weighted by molar-refractivity contribution is 8.44. The molecular formula is C26H33N9O9P2S2. The molecule has 2 aliphatic heterocycles. The third-order valence-corrected chi connectivity index (χ3v) is 11.6. The second-order valence-electron chi connectivity index (χ2n) is 11.4. The Kier molecular flexibility index (Phi) is 10.9. The predicted octanol–water partition coefficient (Wildman–Crippen LogP) is 3.29. The first-order valence-corrected chi connectivity index (χ1v) is 20.1. The second kappa shape index (κ2) is 15.0. The number of ether oxygens (including phenoxy) is 2. The van der Waals surface area contributed by atoms with Crippen molar-refractivity contribution >= 4 is 61.0 Å². The van der Waals surface area contributed by atoms with Crippen molar-refractivity contribution in [2.24, 2.45) is 10.9 Å². The lowest BCUT2D eigenvalue weighted by Gasteiger charge is -2.29. The summed E-state index contributed by atoms with van der Waals surface area (Å²) in [5.74, 6) is 0.0595. The molecule has 5 heterocycles. The first-order chi connectivity index (χ1) is 23.0. The van der Waals surface area contributed by atoms with E-state index in [-0.39, 0.29) is 61.8 Å². The second-order valence-corrected chi connectivity index (χ2v) is 17.2. The van der Waals surface area contributed by atoms with Crippen molar-refractivity contribution in [2.75, 3.05) is 33.9 Å². The molecule has 0 radical (unpaired) electrons. The van der Waals surface area contributed by atoms with E-state index in [0.717, 1.165) is 0 Å². The van der Waals surface area contributed by atoms with Gasteiger partial charge in [-0.2, -0.15) is 10.2 Å². The van der Waals surface area contributed by atoms with Crippen LogP contribution in [-0.2, 0) is 43.7 Å². The molecule has 6 rings (SSSR count). The molecule has 8 atom stereocenters. The summed E-state index contributed by atoms with van der Waals surface area (Å²) in [7, 11) is 3.55. The number of nitrogens with zero attached hydrogens (tertiary/aromatic N) is 8. The summed E-state index contributed by atoms with van der Waals surface area (Å²) < 4.78 is 57.7. The van der Waals surface area contributed by atoms with E-state index in [1.807, 2.05) is 6.07 Å². The highest BCUT2D eigenvalue weighted by Gasteiger charge is 2.46. The Bertz CT molecular complexity index is 1830. The summed E-state index contributed by atoms with van der Waals surface area (Å²) in [6.45, 7) is -7.68. The van der Waals surface area contributed by atoms with Crippen molar-refractivity contribution in [1.82, 2.24) is 34.4 Å². The highest BCUT2D eigenvalue weighted by Crippen LogP contribution is 2.59. The van der Waals surface area contributed by atoms with Gasteiger partial charge in [0.05, 0.1) is 57.2 Å². The van der Waals surface area contributed by atoms with Gasteiger partial charge >= 0.3 is 13.5 Å². The zero-order valence-electron chi connectivity index (χ0n) is 25.8. The summed E-state index contributed by atoms with van der Waals surface area (Å²) in [6, 6.07) is 3.66. The number of nitrogens with one attached hydrogen (secondary N) is 1. The van der Waals surface area contributed by atoms with Gasteiger partial charge in [-0.05, 0) is 18.2 Å². The molecule has 3 aromatic heterocycles. The van der Waals surface area contributed by atoms with Gasteiger partial charge in [0.15, 0.2) is 17.4 Å². The average Bonchev–Trinajstić information content (AvgIpc) is 3.75. The summed E-state index contributed by atoms with van der Waals surface area (Å²) in [6.07, 6.45) is 3.39. The number of hydrogen-bond donors (Lipinski definition) is 2. The minimum absolute atomic E-state index is 0.00818. The minimum Gasteiger partial charge on any atom is -0.474 e. The summed E-state index contributed by atoms with van der Waals surface area (Å²) in [5, 5.41) is 9.17. The molecular weight excluding hydrogens is 708 g/mol. The SMILES string of the molecule is CN(C)C=Nc1nc2c(ncn2[C@@H]2O[C@@H]3CO[P@](=O)(S)O[C@H]4C[C@H](Oc5ccncn5)C[C@@H]4CO[P@@](=S)(OCCC#N)O[C@@H]2C3)c(=O)[nH]1. The Hall–Kier alpha value is -2.82. The maximum Gasteiger partial charge on any atom is 0.386 e. The van der Waals surface area contributed by atoms with E-state index in [0.29, 0.717) is 18.7 Å². The van der Waals surface area contributed by atoms with Crippen molar-refractivity contribution in [3.8, 4) is 11.9 Å². The largest absolute Gasteiger partial charge is 0.474 e. The van der Waals surface area contributed by atoms with Crippen LogP contribution < -0.4 is 10.3 Å². The van der Waals surface area contributed by atoms with Gasteiger partial charge in [0.25, 0.3) is 5.56 Å². The molecule has 1 aliphatic carbocycles. The van der Waals surface area contributed by atoms with Crippen LogP contribution in [-0.4, -0.2) is 99.1 Å². The Morgan fingerprint density at radius 1 is 1.25 bits per heavy atom. The van der Waals surface area contributed by atoms with Crippen LogP contribution in [0.25, 0.3) is 11.2 Å². The third kappa shape index (κ3) is 8.48. The Labute approximate surface area is 285 Å². The van der Waals surface area contributed by atoms with Crippen molar-refractivity contribution < 1.29 is 36.7 Å². The summed E-state index contributed by atoms with van der Waals surface area (Å²) in [4.78, 5) is 38.1. The van der Waals surface area contributed by atoms with Gasteiger partial charge in [0.1, 0.15) is 18.5 Å². The van der Waals surface area contributed by atoms with Crippen molar-refractivity contribution in [2.45, 2.75) is 56.3 Å². The molecule has 2 bridgehead atoms. The molecule has 258 valence electrons. The Morgan fingerprint density at radius 2 is 2.10 bits per heavy atom. The van der Waals surface area contributed by atoms with E-state index >= 15 is 0 Å². The van der Waals surface area contributed by atoms with Gasteiger partial charge in [0.2, 0.25) is 11.8 Å². The quantitative estimate of drug-likeness (QED) is 0.112. The maximum absolute atomic E-state index is 13.5. The fourth-order valence-corrected chi connectivity index (χ4v) is 9.21. The number of H-pyrrole nitrogens is 1. The number of aromatic amines is 1. The fraction of sp³-hybridized carbons (Fsp3) is 0.577. The van der Waals surface area contributed by atoms with E-state index in [9.17, 15) is 14.6 Å². The molecule has 0 spiro atoms.